The fourth-order valence-corrected chi connectivity index (χ4v) is 10.5. The molecule has 1 heterocycles. The average Bonchev–Trinajstić information content (AvgIpc) is 2.59. The zero-order valence-corrected chi connectivity index (χ0v) is 18.3. The molecule has 0 radical (unpaired) electrons. The molecule has 1 saturated heterocycles. The second-order valence-electron chi connectivity index (χ2n) is 8.60. The lowest BCUT2D eigenvalue weighted by Crippen LogP contribution is -2.57. The molecule has 0 aromatic heterocycles. The van der Waals surface area contributed by atoms with Gasteiger partial charge in [-0.3, -0.25) is 0 Å². The van der Waals surface area contributed by atoms with E-state index in [4.69, 9.17) is 4.43 Å². The molecule has 1 aromatic rings. The molecule has 1 fully saturated rings. The van der Waals surface area contributed by atoms with Gasteiger partial charge in [0.2, 0.25) is 8.32 Å². The fraction of sp³-hybridized carbons (Fsp3) is 0.636. The Morgan fingerprint density at radius 1 is 1.04 bits per heavy atom. The number of aliphatic hydroxyl groups excluding tert-OH is 1. The van der Waals surface area contributed by atoms with Crippen molar-refractivity contribution in [2.24, 2.45) is 0 Å². The summed E-state index contributed by atoms with van der Waals surface area (Å²) in [5, 5.41) is 14.2. The maximum atomic E-state index is 10.8. The van der Waals surface area contributed by atoms with Crippen LogP contribution in [0.1, 0.15) is 58.6 Å². The molecule has 0 aliphatic carbocycles. The first-order valence-electron chi connectivity index (χ1n) is 10.0. The molecule has 0 amide bonds. The lowest BCUT2D eigenvalue weighted by Gasteiger charge is -2.48. The van der Waals surface area contributed by atoms with Gasteiger partial charge in [-0.05, 0) is 27.8 Å². The summed E-state index contributed by atoms with van der Waals surface area (Å²) in [7, 11) is -2.00. The molecule has 2 rings (SSSR count). The molecule has 0 bridgehead atoms. The summed E-state index contributed by atoms with van der Waals surface area (Å²) in [6, 6.07) is 8.39. The molecule has 3 atom stereocenters. The van der Waals surface area contributed by atoms with Crippen LogP contribution in [0.2, 0.25) is 16.6 Å². The average molecular weight is 376 g/mol. The van der Waals surface area contributed by atoms with Crippen LogP contribution in [0.3, 0.4) is 0 Å². The second kappa shape index (κ2) is 8.83. The first-order chi connectivity index (χ1) is 12.2. The summed E-state index contributed by atoms with van der Waals surface area (Å²) in [6.45, 7) is 19.1. The Bertz CT molecular complexity index is 561. The van der Waals surface area contributed by atoms with Crippen LogP contribution in [-0.2, 0) is 4.43 Å². The van der Waals surface area contributed by atoms with E-state index in [1.807, 2.05) is 6.08 Å². The Balaban J connectivity index is 2.38. The van der Waals surface area contributed by atoms with Gasteiger partial charge in [-0.15, -0.1) is 0 Å². The highest BCUT2D eigenvalue weighted by atomic mass is 28.4. The van der Waals surface area contributed by atoms with E-state index in [2.05, 4.69) is 77.7 Å². The van der Waals surface area contributed by atoms with Crippen LogP contribution in [0, 0.1) is 0 Å². The molecule has 146 valence electrons. The lowest BCUT2D eigenvalue weighted by atomic mass is 9.85. The third-order valence-electron chi connectivity index (χ3n) is 6.13. The zero-order chi connectivity index (χ0) is 19.5. The van der Waals surface area contributed by atoms with Gasteiger partial charge in [0.1, 0.15) is 0 Å². The quantitative estimate of drug-likeness (QED) is 0.663. The van der Waals surface area contributed by atoms with Crippen molar-refractivity contribution in [1.29, 1.82) is 0 Å². The third-order valence-corrected chi connectivity index (χ3v) is 12.3. The normalized spacial score (nSPS) is 24.5. The van der Waals surface area contributed by atoms with Crippen LogP contribution in [0.15, 0.2) is 30.8 Å². The molecule has 1 aliphatic heterocycles. The Morgan fingerprint density at radius 3 is 2.04 bits per heavy atom. The fourth-order valence-electron chi connectivity index (χ4n) is 4.95. The summed E-state index contributed by atoms with van der Waals surface area (Å²) in [4.78, 5) is 0. The summed E-state index contributed by atoms with van der Waals surface area (Å²) in [5.41, 5.74) is 3.86. The van der Waals surface area contributed by atoms with E-state index in [9.17, 15) is 5.11 Å². The number of β-amino-alcohol motifs (C(OH)–C–C–N with tert-alkyl or cyclic N) is 1. The maximum Gasteiger partial charge on any atom is 0.200 e. The van der Waals surface area contributed by atoms with Crippen LogP contribution < -0.4 is 5.32 Å². The van der Waals surface area contributed by atoms with E-state index in [0.29, 0.717) is 23.2 Å². The third kappa shape index (κ3) is 4.14. The van der Waals surface area contributed by atoms with Crippen LogP contribution in [0.25, 0.3) is 6.08 Å². The van der Waals surface area contributed by atoms with Crippen LogP contribution >= 0.6 is 0 Å². The number of hydrogen-bond donors (Lipinski definition) is 2. The van der Waals surface area contributed by atoms with Crippen molar-refractivity contribution in [2.75, 3.05) is 13.1 Å². The first kappa shape index (κ1) is 21.4. The van der Waals surface area contributed by atoms with Crippen molar-refractivity contribution in [3.8, 4) is 0 Å². The number of aliphatic hydroxyl groups is 1. The monoisotopic (exact) mass is 375 g/mol. The van der Waals surface area contributed by atoms with Crippen molar-refractivity contribution in [3.63, 3.8) is 0 Å². The van der Waals surface area contributed by atoms with Crippen molar-refractivity contribution in [2.45, 2.75) is 76.3 Å². The minimum absolute atomic E-state index is 0.00666. The smallest absolute Gasteiger partial charge is 0.200 e. The van der Waals surface area contributed by atoms with Gasteiger partial charge in [-0.25, -0.2) is 0 Å². The number of hydrogen-bond acceptors (Lipinski definition) is 3. The highest BCUT2D eigenvalue weighted by Gasteiger charge is 2.49. The van der Waals surface area contributed by atoms with Gasteiger partial charge in [0.05, 0.1) is 12.2 Å². The maximum absolute atomic E-state index is 10.8. The second-order valence-corrected chi connectivity index (χ2v) is 14.0. The predicted octanol–water partition coefficient (Wildman–Crippen LogP) is 4.94. The van der Waals surface area contributed by atoms with Gasteiger partial charge in [0.15, 0.2) is 0 Å². The molecule has 0 spiro atoms. The van der Waals surface area contributed by atoms with Crippen molar-refractivity contribution in [1.82, 2.24) is 5.32 Å². The minimum atomic E-state index is -2.00. The van der Waals surface area contributed by atoms with Gasteiger partial charge < -0.3 is 14.8 Å². The Morgan fingerprint density at radius 2 is 1.58 bits per heavy atom. The molecule has 1 aromatic carbocycles. The highest BCUT2D eigenvalue weighted by molar-refractivity contribution is 6.77. The van der Waals surface area contributed by atoms with Gasteiger partial charge >= 0.3 is 0 Å². The molecule has 2 N–H and O–H groups in total. The van der Waals surface area contributed by atoms with Gasteiger partial charge in [-0.2, -0.15) is 0 Å². The molecule has 26 heavy (non-hydrogen) atoms. The molecule has 0 saturated carbocycles. The molecule has 4 heteroatoms. The lowest BCUT2D eigenvalue weighted by molar-refractivity contribution is 0.0304. The zero-order valence-electron chi connectivity index (χ0n) is 17.3. The molecule has 1 aliphatic rings. The number of nitrogens with one attached hydrogen (secondary N) is 1. The van der Waals surface area contributed by atoms with Crippen molar-refractivity contribution in [3.05, 3.63) is 42.0 Å². The van der Waals surface area contributed by atoms with Crippen LogP contribution in [0.5, 0.6) is 0 Å². The number of piperidine rings is 1. The minimum Gasteiger partial charge on any atom is -0.411 e. The number of rotatable bonds is 7. The Hall–Kier alpha value is -0.943. The van der Waals surface area contributed by atoms with E-state index in [1.54, 1.807) is 0 Å². The molecule has 0 unspecified atom stereocenters. The summed E-state index contributed by atoms with van der Waals surface area (Å²) >= 11 is 0. The standard InChI is InChI=1S/C22H37NO2Si/c1-8-18-9-11-19(12-10-18)22-20(24)13-23-14-21(22)25-26(15(2)3,16(4)5)17(6)7/h8-12,15-17,20-24H,1,13-14H2,2-7H3/t20-,21+,22+/m0/s1. The van der Waals surface area contributed by atoms with Crippen LogP contribution in [0.4, 0.5) is 0 Å². The van der Waals surface area contributed by atoms with E-state index in [-0.39, 0.29) is 12.0 Å². The largest absolute Gasteiger partial charge is 0.411 e. The summed E-state index contributed by atoms with van der Waals surface area (Å²) in [5.74, 6) is 0.0123. The molecular formula is C22H37NO2Si. The molecular weight excluding hydrogens is 338 g/mol. The van der Waals surface area contributed by atoms with Crippen molar-refractivity contribution >= 4 is 14.4 Å². The topological polar surface area (TPSA) is 41.5 Å². The first-order valence-corrected chi connectivity index (χ1v) is 12.2. The summed E-state index contributed by atoms with van der Waals surface area (Å²) in [6.07, 6.45) is 1.43. The molecule has 3 nitrogen and oxygen atoms in total. The number of benzene rings is 1. The Kier molecular flexibility index (Phi) is 7.25. The summed E-state index contributed by atoms with van der Waals surface area (Å²) < 4.78 is 7.05. The Labute approximate surface area is 161 Å². The van der Waals surface area contributed by atoms with Crippen LogP contribution in [-0.4, -0.2) is 38.7 Å². The highest BCUT2D eigenvalue weighted by Crippen LogP contribution is 2.45. The van der Waals surface area contributed by atoms with Gasteiger partial charge in [-0.1, -0.05) is 78.5 Å². The van der Waals surface area contributed by atoms with Crippen molar-refractivity contribution < 1.29 is 9.53 Å². The van der Waals surface area contributed by atoms with Gasteiger partial charge in [0, 0.05) is 19.0 Å². The van der Waals surface area contributed by atoms with E-state index in [0.717, 1.165) is 17.7 Å². The van der Waals surface area contributed by atoms with E-state index >= 15 is 0 Å². The van der Waals surface area contributed by atoms with E-state index in [1.165, 1.54) is 0 Å². The van der Waals surface area contributed by atoms with Gasteiger partial charge in [0.25, 0.3) is 0 Å². The predicted molar refractivity (Wildman–Crippen MR) is 114 cm³/mol. The SMILES string of the molecule is C=Cc1ccc([C@@H]2[C@@H](O)CNC[C@H]2O[Si](C(C)C)(C(C)C)C(C)C)cc1. The van der Waals surface area contributed by atoms with E-state index < -0.39 is 14.4 Å².